The molecule has 0 aliphatic carbocycles. The molecule has 18 heavy (non-hydrogen) atoms. The van der Waals surface area contributed by atoms with Crippen molar-refractivity contribution in [3.8, 4) is 0 Å². The standard InChI is InChI=1S/C15H21N3/c1-3-17-15(16-2)18-11-9-14(10-12-18)13-7-5-4-6-8-13/h4-9H,3,10-12H2,1-2H3,(H,16,17). The van der Waals surface area contributed by atoms with E-state index >= 15 is 0 Å². The SMILES string of the molecule is CCNC(=NC)N1CC=C(c2ccccc2)CC1. The van der Waals surface area contributed by atoms with Crippen molar-refractivity contribution in [3.63, 3.8) is 0 Å². The number of hydrogen-bond acceptors (Lipinski definition) is 1. The molecule has 3 nitrogen and oxygen atoms in total. The summed E-state index contributed by atoms with van der Waals surface area (Å²) in [5, 5.41) is 3.30. The summed E-state index contributed by atoms with van der Waals surface area (Å²) in [6.07, 6.45) is 3.38. The molecule has 2 rings (SSSR count). The minimum atomic E-state index is 0.915. The summed E-state index contributed by atoms with van der Waals surface area (Å²) in [6, 6.07) is 10.6. The van der Waals surface area contributed by atoms with Crippen LogP contribution in [0.15, 0.2) is 41.4 Å². The Hall–Kier alpha value is -1.77. The van der Waals surface area contributed by atoms with Gasteiger partial charge >= 0.3 is 0 Å². The van der Waals surface area contributed by atoms with Crippen LogP contribution in [0.5, 0.6) is 0 Å². The summed E-state index contributed by atoms with van der Waals surface area (Å²) in [5.41, 5.74) is 2.79. The van der Waals surface area contributed by atoms with E-state index in [0.717, 1.165) is 32.0 Å². The van der Waals surface area contributed by atoms with Gasteiger partial charge in [-0.05, 0) is 24.5 Å². The van der Waals surface area contributed by atoms with Gasteiger partial charge in [0.25, 0.3) is 0 Å². The van der Waals surface area contributed by atoms with Crippen LogP contribution in [0.2, 0.25) is 0 Å². The Balaban J connectivity index is 2.04. The first-order valence-electron chi connectivity index (χ1n) is 6.55. The van der Waals surface area contributed by atoms with E-state index in [2.05, 4.69) is 58.5 Å². The van der Waals surface area contributed by atoms with E-state index < -0.39 is 0 Å². The van der Waals surface area contributed by atoms with Crippen LogP contribution >= 0.6 is 0 Å². The van der Waals surface area contributed by atoms with Gasteiger partial charge < -0.3 is 10.2 Å². The number of rotatable bonds is 2. The van der Waals surface area contributed by atoms with Crippen LogP contribution < -0.4 is 5.32 Å². The van der Waals surface area contributed by atoms with Crippen molar-refractivity contribution in [1.29, 1.82) is 0 Å². The Kier molecular flexibility index (Phi) is 4.40. The zero-order chi connectivity index (χ0) is 12.8. The first-order chi connectivity index (χ1) is 8.85. The summed E-state index contributed by atoms with van der Waals surface area (Å²) in [4.78, 5) is 6.59. The number of nitrogens with one attached hydrogen (secondary N) is 1. The second-order valence-corrected chi connectivity index (χ2v) is 4.37. The minimum absolute atomic E-state index is 0.915. The average molecular weight is 243 g/mol. The van der Waals surface area contributed by atoms with Crippen LogP contribution in [0.3, 0.4) is 0 Å². The molecule has 96 valence electrons. The molecule has 1 aliphatic rings. The van der Waals surface area contributed by atoms with Crippen molar-refractivity contribution in [2.24, 2.45) is 4.99 Å². The van der Waals surface area contributed by atoms with Crippen molar-refractivity contribution >= 4 is 11.5 Å². The third-order valence-electron chi connectivity index (χ3n) is 3.20. The maximum atomic E-state index is 4.30. The van der Waals surface area contributed by atoms with Gasteiger partial charge in [0.2, 0.25) is 0 Å². The minimum Gasteiger partial charge on any atom is -0.357 e. The number of hydrogen-bond donors (Lipinski definition) is 1. The highest BCUT2D eigenvalue weighted by Gasteiger charge is 2.15. The summed E-state index contributed by atoms with van der Waals surface area (Å²) in [7, 11) is 1.84. The third-order valence-corrected chi connectivity index (χ3v) is 3.20. The molecule has 1 aromatic rings. The maximum absolute atomic E-state index is 4.30. The zero-order valence-electron chi connectivity index (χ0n) is 11.2. The molecule has 1 heterocycles. The average Bonchev–Trinajstić information content (AvgIpc) is 2.46. The highest BCUT2D eigenvalue weighted by Crippen LogP contribution is 2.21. The summed E-state index contributed by atoms with van der Waals surface area (Å²) < 4.78 is 0. The number of nitrogens with zero attached hydrogens (tertiary/aromatic N) is 2. The molecule has 0 saturated heterocycles. The lowest BCUT2D eigenvalue weighted by Crippen LogP contribution is -2.43. The van der Waals surface area contributed by atoms with Crippen molar-refractivity contribution in [1.82, 2.24) is 10.2 Å². The zero-order valence-corrected chi connectivity index (χ0v) is 11.2. The Morgan fingerprint density at radius 1 is 1.33 bits per heavy atom. The molecule has 0 saturated carbocycles. The van der Waals surface area contributed by atoms with E-state index in [9.17, 15) is 0 Å². The molecule has 3 heteroatoms. The van der Waals surface area contributed by atoms with Crippen LogP contribution in [-0.4, -0.2) is 37.5 Å². The molecule has 0 amide bonds. The molecule has 1 N–H and O–H groups in total. The molecule has 0 aromatic heterocycles. The molecule has 0 fully saturated rings. The lowest BCUT2D eigenvalue weighted by Gasteiger charge is -2.29. The van der Waals surface area contributed by atoms with Gasteiger partial charge in [0.15, 0.2) is 5.96 Å². The number of aliphatic imine (C=N–C) groups is 1. The molecule has 0 bridgehead atoms. The normalized spacial score (nSPS) is 16.4. The predicted octanol–water partition coefficient (Wildman–Crippen LogP) is 2.37. The Morgan fingerprint density at radius 2 is 2.11 bits per heavy atom. The van der Waals surface area contributed by atoms with E-state index in [1.54, 1.807) is 0 Å². The van der Waals surface area contributed by atoms with E-state index in [1.165, 1.54) is 11.1 Å². The lowest BCUT2D eigenvalue weighted by molar-refractivity contribution is 0.441. The van der Waals surface area contributed by atoms with Gasteiger partial charge in [-0.3, -0.25) is 4.99 Å². The van der Waals surface area contributed by atoms with E-state index in [0.29, 0.717) is 0 Å². The van der Waals surface area contributed by atoms with Crippen LogP contribution in [0, 0.1) is 0 Å². The van der Waals surface area contributed by atoms with Crippen molar-refractivity contribution in [2.45, 2.75) is 13.3 Å². The largest absolute Gasteiger partial charge is 0.357 e. The van der Waals surface area contributed by atoms with Crippen LogP contribution in [0.1, 0.15) is 18.9 Å². The summed E-state index contributed by atoms with van der Waals surface area (Å²) in [6.45, 7) is 4.98. The molecule has 0 radical (unpaired) electrons. The van der Waals surface area contributed by atoms with Crippen molar-refractivity contribution in [3.05, 3.63) is 42.0 Å². The topological polar surface area (TPSA) is 27.6 Å². The smallest absolute Gasteiger partial charge is 0.193 e. The highest BCUT2D eigenvalue weighted by molar-refractivity contribution is 5.81. The molecule has 0 unspecified atom stereocenters. The fourth-order valence-electron chi connectivity index (χ4n) is 2.27. The molecule has 0 spiro atoms. The van der Waals surface area contributed by atoms with Crippen molar-refractivity contribution < 1.29 is 0 Å². The first kappa shape index (κ1) is 12.7. The fraction of sp³-hybridized carbons (Fsp3) is 0.400. The predicted molar refractivity (Wildman–Crippen MR) is 77.6 cm³/mol. The Morgan fingerprint density at radius 3 is 2.67 bits per heavy atom. The summed E-state index contributed by atoms with van der Waals surface area (Å²) in [5.74, 6) is 1.00. The monoisotopic (exact) mass is 243 g/mol. The second kappa shape index (κ2) is 6.24. The second-order valence-electron chi connectivity index (χ2n) is 4.37. The molecule has 0 atom stereocenters. The first-order valence-corrected chi connectivity index (χ1v) is 6.55. The molecular formula is C15H21N3. The quantitative estimate of drug-likeness (QED) is 0.638. The molecule has 1 aliphatic heterocycles. The van der Waals surface area contributed by atoms with Crippen LogP contribution in [0.4, 0.5) is 0 Å². The van der Waals surface area contributed by atoms with Gasteiger partial charge in [0.05, 0.1) is 0 Å². The maximum Gasteiger partial charge on any atom is 0.193 e. The van der Waals surface area contributed by atoms with Gasteiger partial charge in [0, 0.05) is 26.7 Å². The van der Waals surface area contributed by atoms with Gasteiger partial charge in [-0.25, -0.2) is 0 Å². The molecular weight excluding hydrogens is 222 g/mol. The van der Waals surface area contributed by atoms with E-state index in [-0.39, 0.29) is 0 Å². The lowest BCUT2D eigenvalue weighted by atomic mass is 10.00. The third kappa shape index (κ3) is 2.92. The van der Waals surface area contributed by atoms with Crippen molar-refractivity contribution in [2.75, 3.05) is 26.7 Å². The van der Waals surface area contributed by atoms with E-state index in [4.69, 9.17) is 0 Å². The highest BCUT2D eigenvalue weighted by atomic mass is 15.3. The summed E-state index contributed by atoms with van der Waals surface area (Å²) >= 11 is 0. The fourth-order valence-corrected chi connectivity index (χ4v) is 2.27. The van der Waals surface area contributed by atoms with Gasteiger partial charge in [-0.2, -0.15) is 0 Å². The van der Waals surface area contributed by atoms with Crippen LogP contribution in [-0.2, 0) is 0 Å². The Bertz CT molecular complexity index is 434. The number of benzene rings is 1. The van der Waals surface area contributed by atoms with Gasteiger partial charge in [-0.15, -0.1) is 0 Å². The Labute approximate surface area is 109 Å². The molecule has 1 aromatic carbocycles. The number of guanidine groups is 1. The van der Waals surface area contributed by atoms with E-state index in [1.807, 2.05) is 7.05 Å². The van der Waals surface area contributed by atoms with Gasteiger partial charge in [0.1, 0.15) is 0 Å². The van der Waals surface area contributed by atoms with Crippen LogP contribution in [0.25, 0.3) is 5.57 Å². The van der Waals surface area contributed by atoms with Gasteiger partial charge in [-0.1, -0.05) is 36.4 Å².